The number of unbranched alkanes of at least 4 members (excludes halogenated alkanes) is 7. The largest absolute Gasteiger partial charge is 0.494 e. The fourth-order valence-corrected chi connectivity index (χ4v) is 3.15. The van der Waals surface area contributed by atoms with Crippen LogP contribution in [0.2, 0.25) is 0 Å². The maximum atomic E-state index is 11.2. The van der Waals surface area contributed by atoms with Crippen LogP contribution in [0.5, 0.6) is 5.75 Å². The predicted molar refractivity (Wildman–Crippen MR) is 143 cm³/mol. The van der Waals surface area contributed by atoms with Crippen molar-refractivity contribution in [3.05, 3.63) is 29.8 Å². The third kappa shape index (κ3) is 28.5. The van der Waals surface area contributed by atoms with Crippen LogP contribution in [0, 0.1) is 17.2 Å². The second kappa shape index (κ2) is 24.4. The van der Waals surface area contributed by atoms with Crippen molar-refractivity contribution in [3.63, 3.8) is 0 Å². The number of nitriles is 1. The van der Waals surface area contributed by atoms with Crippen molar-refractivity contribution >= 4 is 29.7 Å². The van der Waals surface area contributed by atoms with Gasteiger partial charge >= 0.3 is 23.9 Å². The van der Waals surface area contributed by atoms with Crippen molar-refractivity contribution in [2.75, 3.05) is 6.61 Å². The molecule has 0 unspecified atom stereocenters. The number of ether oxygens (including phenoxy) is 1. The van der Waals surface area contributed by atoms with Crippen LogP contribution < -0.4 is 4.74 Å². The van der Waals surface area contributed by atoms with Crippen LogP contribution >= 0.6 is 0 Å². The van der Waals surface area contributed by atoms with E-state index in [1.807, 2.05) is 12.1 Å². The van der Waals surface area contributed by atoms with Crippen molar-refractivity contribution < 1.29 is 49.1 Å². The summed E-state index contributed by atoms with van der Waals surface area (Å²) in [6.45, 7) is 3.86. The Morgan fingerprint density at radius 1 is 0.744 bits per heavy atom. The zero-order valence-electron chi connectivity index (χ0n) is 22.8. The highest BCUT2D eigenvalue weighted by Gasteiger charge is 2.10. The van der Waals surface area contributed by atoms with Crippen molar-refractivity contribution in [1.29, 1.82) is 5.26 Å². The molecule has 0 aliphatic heterocycles. The molecule has 0 heterocycles. The quantitative estimate of drug-likeness (QED) is 0.134. The lowest BCUT2D eigenvalue weighted by Gasteiger charge is -2.06. The lowest BCUT2D eigenvalue weighted by molar-refractivity contribution is -0.141. The van der Waals surface area contributed by atoms with E-state index in [1.54, 1.807) is 26.0 Å². The molecule has 0 aromatic heterocycles. The van der Waals surface area contributed by atoms with Gasteiger partial charge in [-0.1, -0.05) is 45.4 Å². The number of hydrogen-bond acceptors (Lipinski definition) is 7. The van der Waals surface area contributed by atoms with E-state index in [0.29, 0.717) is 18.6 Å². The molecule has 0 bridgehead atoms. The van der Waals surface area contributed by atoms with Crippen LogP contribution in [0.3, 0.4) is 0 Å². The fourth-order valence-electron chi connectivity index (χ4n) is 3.15. The monoisotopic (exact) mass is 551 g/mol. The van der Waals surface area contributed by atoms with E-state index >= 15 is 0 Å². The Bertz CT molecular complexity index is 890. The molecule has 218 valence electrons. The number of aliphatic carboxylic acids is 4. The first kappa shape index (κ1) is 37.2. The van der Waals surface area contributed by atoms with E-state index in [-0.39, 0.29) is 24.5 Å². The summed E-state index contributed by atoms with van der Waals surface area (Å²) in [5, 5.41) is 40.2. The van der Waals surface area contributed by atoms with E-state index in [1.165, 1.54) is 25.3 Å². The summed E-state index contributed by atoms with van der Waals surface area (Å²) in [7, 11) is 0. The molecule has 1 aromatic rings. The Morgan fingerprint density at radius 2 is 1.21 bits per heavy atom. The van der Waals surface area contributed by atoms with Crippen LogP contribution in [-0.2, 0) is 19.2 Å². The maximum Gasteiger partial charge on any atom is 0.317 e. The summed E-state index contributed by atoms with van der Waals surface area (Å²) in [5.41, 5.74) is 0.709. The van der Waals surface area contributed by atoms with Crippen LogP contribution in [0.4, 0.5) is 0 Å². The van der Waals surface area contributed by atoms with Gasteiger partial charge in [0, 0.05) is 24.8 Å². The number of ketones is 1. The number of benzene rings is 1. The molecule has 0 radical (unpaired) electrons. The Balaban J connectivity index is 0. The summed E-state index contributed by atoms with van der Waals surface area (Å²) in [6.07, 6.45) is 8.47. The minimum Gasteiger partial charge on any atom is -0.494 e. The highest BCUT2D eigenvalue weighted by molar-refractivity contribution is 5.94. The number of Topliss-reactive ketones (excluding diaryl/α,β-unsaturated/α-hetero) is 1. The average molecular weight is 552 g/mol. The smallest absolute Gasteiger partial charge is 0.317 e. The Labute approximate surface area is 229 Å². The highest BCUT2D eigenvalue weighted by atomic mass is 16.5. The zero-order chi connectivity index (χ0) is 30.1. The molecule has 0 saturated carbocycles. The lowest BCUT2D eigenvalue weighted by Crippen LogP contribution is -2.08. The number of nitrogens with zero attached hydrogens (tertiary/aromatic N) is 1. The normalized spacial score (nSPS) is 9.69. The average Bonchev–Trinajstić information content (AvgIpc) is 2.82. The predicted octanol–water partition coefficient (Wildman–Crippen LogP) is 5.42. The van der Waals surface area contributed by atoms with Crippen LogP contribution in [-0.4, -0.2) is 56.7 Å². The van der Waals surface area contributed by atoms with Gasteiger partial charge in [0.15, 0.2) is 5.78 Å². The molecule has 0 amide bonds. The van der Waals surface area contributed by atoms with E-state index in [0.717, 1.165) is 37.9 Å². The molecule has 39 heavy (non-hydrogen) atoms. The van der Waals surface area contributed by atoms with Gasteiger partial charge in [0.2, 0.25) is 0 Å². The SMILES string of the molecule is CC(=O)c1ccc(OCCCCCCCCCCC(=O)O)cc1.CC(CC(=O)O)CC(=O)O.N#CCC(=O)O. The van der Waals surface area contributed by atoms with Crippen LogP contribution in [0.25, 0.3) is 0 Å². The topological polar surface area (TPSA) is 199 Å². The Kier molecular flexibility index (Phi) is 23.3. The third-order valence-corrected chi connectivity index (χ3v) is 5.09. The van der Waals surface area contributed by atoms with Crippen molar-refractivity contribution in [3.8, 4) is 11.8 Å². The standard InChI is InChI=1S/C19H28O4.C6H10O4.C3H3NO2/c1-16(20)17-11-13-18(14-12-17)23-15-9-7-5-3-2-4-6-8-10-19(21)22;1-4(2-5(7)8)3-6(9)10;4-2-1-3(5)6/h11-14H,2-10,15H2,1H3,(H,21,22);4H,2-3H2,1H3,(H,7,8)(H,9,10);1H2,(H,5,6). The summed E-state index contributed by atoms with van der Waals surface area (Å²) in [4.78, 5) is 50.9. The molecule has 4 N–H and O–H groups in total. The molecule has 0 fully saturated rings. The second-order valence-electron chi connectivity index (χ2n) is 8.93. The number of carbonyl (C=O) groups excluding carboxylic acids is 1. The van der Waals surface area contributed by atoms with E-state index in [9.17, 15) is 24.0 Å². The third-order valence-electron chi connectivity index (χ3n) is 5.09. The van der Waals surface area contributed by atoms with Crippen LogP contribution in [0.15, 0.2) is 24.3 Å². The summed E-state index contributed by atoms with van der Waals surface area (Å²) < 4.78 is 5.66. The minimum absolute atomic E-state index is 0.0690. The zero-order valence-corrected chi connectivity index (χ0v) is 22.8. The number of hydrogen-bond donors (Lipinski definition) is 4. The van der Waals surface area contributed by atoms with Gasteiger partial charge in [-0.15, -0.1) is 0 Å². The highest BCUT2D eigenvalue weighted by Crippen LogP contribution is 2.14. The number of carboxylic acid groups (broad SMARTS) is 4. The molecular formula is C28H41NO10. The fraction of sp³-hybridized carbons (Fsp3) is 0.571. The summed E-state index contributed by atoms with van der Waals surface area (Å²) >= 11 is 0. The van der Waals surface area contributed by atoms with Gasteiger partial charge in [0.1, 0.15) is 12.2 Å². The van der Waals surface area contributed by atoms with Gasteiger partial charge in [0.25, 0.3) is 0 Å². The molecule has 0 saturated heterocycles. The Morgan fingerprint density at radius 3 is 1.56 bits per heavy atom. The number of rotatable bonds is 18. The second-order valence-corrected chi connectivity index (χ2v) is 8.93. The minimum atomic E-state index is -1.07. The number of carboxylic acids is 4. The molecule has 0 spiro atoms. The first-order valence-electron chi connectivity index (χ1n) is 12.9. The summed E-state index contributed by atoms with van der Waals surface area (Å²) in [5.74, 6) is -3.07. The van der Waals surface area contributed by atoms with E-state index in [4.69, 9.17) is 30.4 Å². The molecule has 11 heteroatoms. The molecule has 1 aromatic carbocycles. The molecule has 11 nitrogen and oxygen atoms in total. The van der Waals surface area contributed by atoms with Crippen molar-refractivity contribution in [1.82, 2.24) is 0 Å². The van der Waals surface area contributed by atoms with Gasteiger partial charge in [-0.3, -0.25) is 24.0 Å². The van der Waals surface area contributed by atoms with E-state index < -0.39 is 30.3 Å². The molecule has 0 aliphatic carbocycles. The van der Waals surface area contributed by atoms with Gasteiger partial charge in [-0.05, 0) is 49.9 Å². The molecule has 0 aliphatic rings. The maximum absolute atomic E-state index is 11.2. The Hall–Kier alpha value is -3.94. The first-order valence-corrected chi connectivity index (χ1v) is 12.9. The van der Waals surface area contributed by atoms with Crippen LogP contribution in [0.1, 0.15) is 101 Å². The first-order chi connectivity index (χ1) is 18.4. The molecule has 1 rings (SSSR count). The van der Waals surface area contributed by atoms with Crippen molar-refractivity contribution in [2.24, 2.45) is 5.92 Å². The van der Waals surface area contributed by atoms with Gasteiger partial charge in [-0.25, -0.2) is 0 Å². The van der Waals surface area contributed by atoms with Crippen molar-refractivity contribution in [2.45, 2.75) is 90.9 Å². The summed E-state index contributed by atoms with van der Waals surface area (Å²) in [6, 6.07) is 8.74. The van der Waals surface area contributed by atoms with E-state index in [2.05, 4.69) is 0 Å². The van der Waals surface area contributed by atoms with Gasteiger partial charge < -0.3 is 25.2 Å². The van der Waals surface area contributed by atoms with Gasteiger partial charge in [0.05, 0.1) is 12.7 Å². The lowest BCUT2D eigenvalue weighted by atomic mass is 10.1. The number of carbonyl (C=O) groups is 5. The van der Waals surface area contributed by atoms with Gasteiger partial charge in [-0.2, -0.15) is 5.26 Å². The molecule has 0 atom stereocenters. The molecular weight excluding hydrogens is 510 g/mol.